The Morgan fingerprint density at radius 3 is 2.79 bits per heavy atom. The lowest BCUT2D eigenvalue weighted by Gasteiger charge is -2.23. The van der Waals surface area contributed by atoms with Gasteiger partial charge in [-0.15, -0.1) is 0 Å². The summed E-state index contributed by atoms with van der Waals surface area (Å²) in [7, 11) is 0. The molecule has 0 aliphatic carbocycles. The van der Waals surface area contributed by atoms with Crippen LogP contribution in [-0.4, -0.2) is 33.3 Å². The van der Waals surface area contributed by atoms with E-state index in [1.54, 1.807) is 13.8 Å². The van der Waals surface area contributed by atoms with Gasteiger partial charge in [0, 0.05) is 19.3 Å². The Morgan fingerprint density at radius 2 is 2.16 bits per heavy atom. The third-order valence-corrected chi connectivity index (χ3v) is 2.65. The van der Waals surface area contributed by atoms with Crippen molar-refractivity contribution in [2.24, 2.45) is 0 Å². The van der Waals surface area contributed by atoms with Crippen LogP contribution in [0.4, 0.5) is 0 Å². The summed E-state index contributed by atoms with van der Waals surface area (Å²) in [6.07, 6.45) is 3.44. The van der Waals surface area contributed by atoms with Crippen LogP contribution in [0.5, 0.6) is 0 Å². The van der Waals surface area contributed by atoms with Crippen LogP contribution < -0.4 is 5.32 Å². The Balaban J connectivity index is 2.27. The minimum atomic E-state index is -0.574. The number of carbonyl (C=O) groups is 1. The third-order valence-electron chi connectivity index (χ3n) is 2.65. The Bertz CT molecular complexity index is 402. The van der Waals surface area contributed by atoms with Crippen molar-refractivity contribution < 1.29 is 14.4 Å². The first kappa shape index (κ1) is 15.6. The van der Waals surface area contributed by atoms with E-state index < -0.39 is 5.54 Å². The molecule has 0 aromatic carbocycles. The fraction of sp³-hybridized carbons (Fsp3) is 0.769. The van der Waals surface area contributed by atoms with E-state index in [2.05, 4.69) is 22.4 Å². The van der Waals surface area contributed by atoms with E-state index in [4.69, 9.17) is 9.63 Å². The van der Waals surface area contributed by atoms with Gasteiger partial charge in [0.15, 0.2) is 5.82 Å². The van der Waals surface area contributed by atoms with Gasteiger partial charge in [-0.2, -0.15) is 4.98 Å². The highest BCUT2D eigenvalue weighted by Crippen LogP contribution is 2.06. The summed E-state index contributed by atoms with van der Waals surface area (Å²) in [5.74, 6) is 1.23. The molecule has 0 saturated heterocycles. The molecular weight excluding hydrogens is 246 g/mol. The molecule has 0 spiro atoms. The summed E-state index contributed by atoms with van der Waals surface area (Å²) in [5.41, 5.74) is -0.574. The van der Waals surface area contributed by atoms with Crippen molar-refractivity contribution in [3.05, 3.63) is 11.7 Å². The van der Waals surface area contributed by atoms with E-state index in [0.717, 1.165) is 18.7 Å². The number of aliphatic hydroxyl groups is 1. The van der Waals surface area contributed by atoms with E-state index in [1.807, 2.05) is 0 Å². The van der Waals surface area contributed by atoms with Gasteiger partial charge >= 0.3 is 0 Å². The predicted molar refractivity (Wildman–Crippen MR) is 70.5 cm³/mol. The Hall–Kier alpha value is -1.43. The molecule has 19 heavy (non-hydrogen) atoms. The number of rotatable bonds is 8. The van der Waals surface area contributed by atoms with E-state index in [1.165, 1.54) is 0 Å². The number of aryl methyl sites for hydroxylation is 2. The number of nitrogens with one attached hydrogen (secondary N) is 1. The summed E-state index contributed by atoms with van der Waals surface area (Å²) in [6, 6.07) is 0. The lowest BCUT2D eigenvalue weighted by molar-refractivity contribution is -0.123. The second-order valence-electron chi connectivity index (χ2n) is 5.30. The zero-order valence-electron chi connectivity index (χ0n) is 11.9. The first-order valence-corrected chi connectivity index (χ1v) is 6.70. The van der Waals surface area contributed by atoms with Gasteiger partial charge in [-0.25, -0.2) is 0 Å². The number of amides is 1. The van der Waals surface area contributed by atoms with E-state index in [-0.39, 0.29) is 12.5 Å². The van der Waals surface area contributed by atoms with Crippen molar-refractivity contribution in [1.82, 2.24) is 15.5 Å². The highest BCUT2D eigenvalue weighted by molar-refractivity contribution is 5.76. The van der Waals surface area contributed by atoms with Crippen molar-refractivity contribution in [1.29, 1.82) is 0 Å². The minimum absolute atomic E-state index is 0.0765. The molecule has 0 unspecified atom stereocenters. The first-order chi connectivity index (χ1) is 8.96. The standard InChI is InChI=1S/C13H23N3O3/c1-4-6-10-14-12(19-16-10)8-5-7-11(18)15-13(2,3)9-17/h17H,4-9H2,1-3H3,(H,15,18). The fourth-order valence-electron chi connectivity index (χ4n) is 1.60. The number of carbonyl (C=O) groups excluding carboxylic acids is 1. The third kappa shape index (κ3) is 5.83. The maximum atomic E-state index is 11.6. The second-order valence-corrected chi connectivity index (χ2v) is 5.30. The average Bonchev–Trinajstić information content (AvgIpc) is 2.77. The molecule has 0 bridgehead atoms. The second kappa shape index (κ2) is 7.23. The number of nitrogens with zero attached hydrogens (tertiary/aromatic N) is 2. The van der Waals surface area contributed by atoms with Gasteiger partial charge < -0.3 is 14.9 Å². The van der Waals surface area contributed by atoms with Crippen LogP contribution in [0.15, 0.2) is 4.52 Å². The molecule has 1 aromatic rings. The lowest BCUT2D eigenvalue weighted by atomic mass is 10.1. The molecule has 6 heteroatoms. The van der Waals surface area contributed by atoms with Crippen LogP contribution in [0.3, 0.4) is 0 Å². The number of aliphatic hydroxyl groups excluding tert-OH is 1. The summed E-state index contributed by atoms with van der Waals surface area (Å²) in [6.45, 7) is 5.53. The van der Waals surface area contributed by atoms with Gasteiger partial charge in [-0.1, -0.05) is 12.1 Å². The SMILES string of the molecule is CCCc1noc(CCCC(=O)NC(C)(C)CO)n1. The van der Waals surface area contributed by atoms with Crippen molar-refractivity contribution >= 4 is 5.91 Å². The molecule has 1 heterocycles. The van der Waals surface area contributed by atoms with Crippen molar-refractivity contribution in [3.63, 3.8) is 0 Å². The van der Waals surface area contributed by atoms with Crippen LogP contribution in [0.2, 0.25) is 0 Å². The topological polar surface area (TPSA) is 88.2 Å². The molecule has 0 fully saturated rings. The molecule has 0 saturated carbocycles. The van der Waals surface area contributed by atoms with Crippen LogP contribution in [-0.2, 0) is 17.6 Å². The maximum Gasteiger partial charge on any atom is 0.226 e. The smallest absolute Gasteiger partial charge is 0.226 e. The molecular formula is C13H23N3O3. The largest absolute Gasteiger partial charge is 0.394 e. The van der Waals surface area contributed by atoms with Gasteiger partial charge in [-0.05, 0) is 26.7 Å². The number of hydrogen-bond donors (Lipinski definition) is 2. The summed E-state index contributed by atoms with van der Waals surface area (Å²) in [4.78, 5) is 15.9. The van der Waals surface area contributed by atoms with Crippen molar-refractivity contribution in [2.45, 2.75) is 58.4 Å². The highest BCUT2D eigenvalue weighted by Gasteiger charge is 2.18. The van der Waals surface area contributed by atoms with E-state index in [9.17, 15) is 4.79 Å². The van der Waals surface area contributed by atoms with Gasteiger partial charge in [0.25, 0.3) is 0 Å². The Morgan fingerprint density at radius 1 is 1.42 bits per heavy atom. The molecule has 0 atom stereocenters. The molecule has 0 radical (unpaired) electrons. The molecule has 1 amide bonds. The van der Waals surface area contributed by atoms with Crippen molar-refractivity contribution in [2.75, 3.05) is 6.61 Å². The molecule has 6 nitrogen and oxygen atoms in total. The zero-order valence-corrected chi connectivity index (χ0v) is 11.9. The molecule has 1 aromatic heterocycles. The van der Waals surface area contributed by atoms with Crippen LogP contribution in [0.1, 0.15) is 51.7 Å². The summed E-state index contributed by atoms with van der Waals surface area (Å²) < 4.78 is 5.09. The first-order valence-electron chi connectivity index (χ1n) is 6.70. The molecule has 108 valence electrons. The van der Waals surface area contributed by atoms with Gasteiger partial charge in [0.2, 0.25) is 11.8 Å². The van der Waals surface area contributed by atoms with Crippen LogP contribution in [0.25, 0.3) is 0 Å². The normalized spacial score (nSPS) is 11.6. The average molecular weight is 269 g/mol. The van der Waals surface area contributed by atoms with Gasteiger partial charge in [-0.3, -0.25) is 4.79 Å². The predicted octanol–water partition coefficient (Wildman–Crippen LogP) is 1.23. The molecule has 0 aliphatic heterocycles. The quantitative estimate of drug-likeness (QED) is 0.741. The highest BCUT2D eigenvalue weighted by atomic mass is 16.5. The van der Waals surface area contributed by atoms with Crippen LogP contribution in [0, 0.1) is 0 Å². The lowest BCUT2D eigenvalue weighted by Crippen LogP contribution is -2.46. The number of hydrogen-bond acceptors (Lipinski definition) is 5. The maximum absolute atomic E-state index is 11.6. The Labute approximate surface area is 113 Å². The van der Waals surface area contributed by atoms with Gasteiger partial charge in [0.1, 0.15) is 0 Å². The van der Waals surface area contributed by atoms with E-state index in [0.29, 0.717) is 25.2 Å². The molecule has 2 N–H and O–H groups in total. The monoisotopic (exact) mass is 269 g/mol. The van der Waals surface area contributed by atoms with E-state index >= 15 is 0 Å². The van der Waals surface area contributed by atoms with Crippen molar-refractivity contribution in [3.8, 4) is 0 Å². The summed E-state index contributed by atoms with van der Waals surface area (Å²) >= 11 is 0. The molecule has 0 aliphatic rings. The van der Waals surface area contributed by atoms with Crippen LogP contribution >= 0.6 is 0 Å². The zero-order chi connectivity index (χ0) is 14.3. The Kier molecular flexibility index (Phi) is 5.95. The number of aromatic nitrogens is 2. The van der Waals surface area contributed by atoms with Gasteiger partial charge in [0.05, 0.1) is 12.1 Å². The molecule has 1 rings (SSSR count). The summed E-state index contributed by atoms with van der Waals surface area (Å²) in [5, 5.41) is 15.7. The minimum Gasteiger partial charge on any atom is -0.394 e. The fourth-order valence-corrected chi connectivity index (χ4v) is 1.60.